The lowest BCUT2D eigenvalue weighted by Gasteiger charge is -2.16. The van der Waals surface area contributed by atoms with E-state index < -0.39 is 0 Å². The zero-order valence-corrected chi connectivity index (χ0v) is 17.9. The van der Waals surface area contributed by atoms with Crippen molar-refractivity contribution in [2.45, 2.75) is 20.1 Å². The summed E-state index contributed by atoms with van der Waals surface area (Å²) in [5, 5.41) is 4.87. The molecule has 0 bridgehead atoms. The van der Waals surface area contributed by atoms with Gasteiger partial charge in [-0.05, 0) is 54.4 Å². The number of benzene rings is 3. The second kappa shape index (κ2) is 10.1. The van der Waals surface area contributed by atoms with Crippen molar-refractivity contribution in [1.29, 1.82) is 0 Å². The van der Waals surface area contributed by atoms with Gasteiger partial charge in [-0.3, -0.25) is 0 Å². The predicted octanol–water partition coefficient (Wildman–Crippen LogP) is 7.38. The van der Waals surface area contributed by atoms with E-state index in [0.29, 0.717) is 39.7 Å². The molecule has 0 fully saturated rings. The molecule has 0 saturated carbocycles. The van der Waals surface area contributed by atoms with Gasteiger partial charge in [-0.2, -0.15) is 0 Å². The maximum Gasteiger partial charge on any atom is 0.163 e. The maximum absolute atomic E-state index is 13.1. The van der Waals surface area contributed by atoms with Gasteiger partial charge in [0, 0.05) is 22.7 Å². The van der Waals surface area contributed by atoms with Crippen LogP contribution in [-0.2, 0) is 13.2 Å². The van der Waals surface area contributed by atoms with E-state index in [9.17, 15) is 4.39 Å². The molecule has 0 spiro atoms. The van der Waals surface area contributed by atoms with Crippen LogP contribution in [0.3, 0.4) is 0 Å². The van der Waals surface area contributed by atoms with Crippen molar-refractivity contribution in [3.8, 4) is 11.5 Å². The van der Waals surface area contributed by atoms with Crippen molar-refractivity contribution in [1.82, 2.24) is 0 Å². The van der Waals surface area contributed by atoms with Crippen molar-refractivity contribution in [3.63, 3.8) is 0 Å². The molecule has 0 radical (unpaired) electrons. The SMILES string of the molecule is CCOc1cc(CNc2ccc(Cl)cc2Cl)c(Cl)cc1OCc1ccc(F)cc1. The summed E-state index contributed by atoms with van der Waals surface area (Å²) in [4.78, 5) is 0. The Morgan fingerprint density at radius 2 is 1.59 bits per heavy atom. The lowest BCUT2D eigenvalue weighted by Crippen LogP contribution is -2.04. The molecular weight excluding hydrogens is 436 g/mol. The topological polar surface area (TPSA) is 30.5 Å². The van der Waals surface area contributed by atoms with Crippen molar-refractivity contribution in [2.24, 2.45) is 0 Å². The van der Waals surface area contributed by atoms with E-state index in [1.807, 2.05) is 19.1 Å². The second-order valence-electron chi connectivity index (χ2n) is 6.22. The van der Waals surface area contributed by atoms with E-state index in [1.54, 1.807) is 30.3 Å². The zero-order valence-electron chi connectivity index (χ0n) is 15.6. The molecule has 0 aliphatic carbocycles. The molecule has 3 aromatic rings. The van der Waals surface area contributed by atoms with Crippen LogP contribution in [0.1, 0.15) is 18.1 Å². The number of halogens is 4. The molecule has 0 amide bonds. The molecule has 3 rings (SSSR count). The standard InChI is InChI=1S/C22H19Cl3FNO2/c1-2-28-21-9-15(12-27-20-8-5-16(23)10-19(20)25)18(24)11-22(21)29-13-14-3-6-17(26)7-4-14/h3-11,27H,2,12-13H2,1H3. The molecule has 0 aromatic heterocycles. The van der Waals surface area contributed by atoms with Gasteiger partial charge < -0.3 is 14.8 Å². The Bertz CT molecular complexity index is 981. The summed E-state index contributed by atoms with van der Waals surface area (Å²) in [6.07, 6.45) is 0. The smallest absolute Gasteiger partial charge is 0.163 e. The van der Waals surface area contributed by atoms with Crippen LogP contribution in [0.5, 0.6) is 11.5 Å². The Labute approximate surface area is 184 Å². The molecular formula is C22H19Cl3FNO2. The van der Waals surface area contributed by atoms with E-state index in [-0.39, 0.29) is 12.4 Å². The first kappa shape index (κ1) is 21.6. The van der Waals surface area contributed by atoms with Gasteiger partial charge in [0.2, 0.25) is 0 Å². The minimum Gasteiger partial charge on any atom is -0.490 e. The molecule has 0 heterocycles. The van der Waals surface area contributed by atoms with Gasteiger partial charge in [0.05, 0.1) is 17.3 Å². The molecule has 0 aliphatic heterocycles. The average Bonchev–Trinajstić information content (AvgIpc) is 2.69. The minimum absolute atomic E-state index is 0.272. The molecule has 29 heavy (non-hydrogen) atoms. The highest BCUT2D eigenvalue weighted by atomic mass is 35.5. The fraction of sp³-hybridized carbons (Fsp3) is 0.182. The molecule has 152 valence electrons. The molecule has 0 unspecified atom stereocenters. The Morgan fingerprint density at radius 1 is 0.862 bits per heavy atom. The summed E-state index contributed by atoms with van der Waals surface area (Å²) < 4.78 is 24.6. The highest BCUT2D eigenvalue weighted by Crippen LogP contribution is 2.35. The minimum atomic E-state index is -0.288. The van der Waals surface area contributed by atoms with Gasteiger partial charge in [0.15, 0.2) is 11.5 Å². The van der Waals surface area contributed by atoms with Crippen molar-refractivity contribution in [2.75, 3.05) is 11.9 Å². The first-order valence-corrected chi connectivity index (χ1v) is 10.1. The molecule has 0 atom stereocenters. The summed E-state index contributed by atoms with van der Waals surface area (Å²) in [6.45, 7) is 3.08. The van der Waals surface area contributed by atoms with E-state index in [4.69, 9.17) is 44.3 Å². The van der Waals surface area contributed by atoms with Crippen LogP contribution in [0.4, 0.5) is 10.1 Å². The van der Waals surface area contributed by atoms with Crippen LogP contribution >= 0.6 is 34.8 Å². The number of anilines is 1. The fourth-order valence-electron chi connectivity index (χ4n) is 2.66. The molecule has 1 N–H and O–H groups in total. The van der Waals surface area contributed by atoms with E-state index in [0.717, 1.165) is 16.8 Å². The number of rotatable bonds is 8. The number of hydrogen-bond acceptors (Lipinski definition) is 3. The van der Waals surface area contributed by atoms with Crippen LogP contribution in [-0.4, -0.2) is 6.61 Å². The summed E-state index contributed by atoms with van der Waals surface area (Å²) in [5.74, 6) is 0.817. The van der Waals surface area contributed by atoms with Crippen molar-refractivity contribution in [3.05, 3.63) is 86.6 Å². The van der Waals surface area contributed by atoms with Gasteiger partial charge in [0.25, 0.3) is 0 Å². The second-order valence-corrected chi connectivity index (χ2v) is 7.47. The summed E-state index contributed by atoms with van der Waals surface area (Å²) in [6, 6.07) is 14.9. The molecule has 0 saturated heterocycles. The molecule has 7 heteroatoms. The summed E-state index contributed by atoms with van der Waals surface area (Å²) in [7, 11) is 0. The van der Waals surface area contributed by atoms with E-state index >= 15 is 0 Å². The highest BCUT2D eigenvalue weighted by molar-refractivity contribution is 6.36. The predicted molar refractivity (Wildman–Crippen MR) is 117 cm³/mol. The first-order valence-electron chi connectivity index (χ1n) is 8.97. The average molecular weight is 455 g/mol. The maximum atomic E-state index is 13.1. The van der Waals surface area contributed by atoms with Crippen LogP contribution in [0.2, 0.25) is 15.1 Å². The third-order valence-electron chi connectivity index (χ3n) is 4.12. The Balaban J connectivity index is 1.75. The van der Waals surface area contributed by atoms with Gasteiger partial charge in [-0.15, -0.1) is 0 Å². The largest absolute Gasteiger partial charge is 0.490 e. The quantitative estimate of drug-likeness (QED) is 0.385. The van der Waals surface area contributed by atoms with Gasteiger partial charge in [-0.25, -0.2) is 4.39 Å². The third-order valence-corrected chi connectivity index (χ3v) is 5.02. The molecule has 3 aromatic carbocycles. The highest BCUT2D eigenvalue weighted by Gasteiger charge is 2.12. The Kier molecular flexibility index (Phi) is 7.48. The first-order chi connectivity index (χ1) is 14.0. The van der Waals surface area contributed by atoms with Crippen LogP contribution in [0, 0.1) is 5.82 Å². The lowest BCUT2D eigenvalue weighted by molar-refractivity contribution is 0.269. The lowest BCUT2D eigenvalue weighted by atomic mass is 10.2. The van der Waals surface area contributed by atoms with Crippen LogP contribution in [0.15, 0.2) is 54.6 Å². The molecule has 0 aliphatic rings. The number of ether oxygens (including phenoxy) is 2. The van der Waals surface area contributed by atoms with E-state index in [2.05, 4.69) is 5.32 Å². The van der Waals surface area contributed by atoms with Crippen LogP contribution in [0.25, 0.3) is 0 Å². The molecule has 3 nitrogen and oxygen atoms in total. The third kappa shape index (κ3) is 5.92. The van der Waals surface area contributed by atoms with Crippen LogP contribution < -0.4 is 14.8 Å². The van der Waals surface area contributed by atoms with Gasteiger partial charge in [-0.1, -0.05) is 46.9 Å². The number of hydrogen-bond donors (Lipinski definition) is 1. The van der Waals surface area contributed by atoms with Crippen molar-refractivity contribution >= 4 is 40.5 Å². The van der Waals surface area contributed by atoms with Gasteiger partial charge in [0.1, 0.15) is 12.4 Å². The Hall–Kier alpha value is -2.14. The fourth-order valence-corrected chi connectivity index (χ4v) is 3.35. The number of nitrogens with one attached hydrogen (secondary N) is 1. The normalized spacial score (nSPS) is 10.7. The Morgan fingerprint density at radius 3 is 2.28 bits per heavy atom. The van der Waals surface area contributed by atoms with Gasteiger partial charge >= 0.3 is 0 Å². The summed E-state index contributed by atoms with van der Waals surface area (Å²) >= 11 is 18.6. The van der Waals surface area contributed by atoms with Crippen molar-refractivity contribution < 1.29 is 13.9 Å². The zero-order chi connectivity index (χ0) is 20.8. The summed E-state index contributed by atoms with van der Waals surface area (Å²) in [5.41, 5.74) is 2.42. The van der Waals surface area contributed by atoms with E-state index in [1.165, 1.54) is 12.1 Å². The monoisotopic (exact) mass is 453 g/mol.